The van der Waals surface area contributed by atoms with Crippen LogP contribution in [-0.4, -0.2) is 23.3 Å². The maximum Gasteiger partial charge on any atom is 0.255 e. The fourth-order valence-electron chi connectivity index (χ4n) is 1.59. The first-order valence-corrected chi connectivity index (χ1v) is 5.67. The highest BCUT2D eigenvalue weighted by atomic mass is 16.5. The van der Waals surface area contributed by atoms with E-state index in [4.69, 9.17) is 9.26 Å². The molecule has 0 fully saturated rings. The minimum Gasteiger partial charge on any atom is -0.507 e. The molecule has 0 atom stereocenters. The highest BCUT2D eigenvalue weighted by Gasteiger charge is 2.12. The topological polar surface area (TPSA) is 84.6 Å². The molecule has 1 aromatic carbocycles. The molecular formula is C13H14N2O4. The highest BCUT2D eigenvalue weighted by Crippen LogP contribution is 2.22. The predicted octanol–water partition coefficient (Wildman–Crippen LogP) is 1.63. The second-order valence-corrected chi connectivity index (χ2v) is 3.99. The van der Waals surface area contributed by atoms with Gasteiger partial charge in [-0.2, -0.15) is 0 Å². The highest BCUT2D eigenvalue weighted by molar-refractivity contribution is 5.97. The van der Waals surface area contributed by atoms with E-state index in [0.29, 0.717) is 17.2 Å². The fourth-order valence-corrected chi connectivity index (χ4v) is 1.59. The molecule has 19 heavy (non-hydrogen) atoms. The van der Waals surface area contributed by atoms with Crippen LogP contribution in [0.2, 0.25) is 0 Å². The summed E-state index contributed by atoms with van der Waals surface area (Å²) in [5.74, 6) is 0.667. The number of aromatic nitrogens is 1. The van der Waals surface area contributed by atoms with Crippen molar-refractivity contribution in [2.24, 2.45) is 0 Å². The Labute approximate surface area is 110 Å². The van der Waals surface area contributed by atoms with Crippen LogP contribution in [0.1, 0.15) is 21.8 Å². The molecule has 1 heterocycles. The molecule has 0 unspecified atom stereocenters. The average Bonchev–Trinajstić information content (AvgIpc) is 2.82. The molecule has 0 saturated carbocycles. The number of hydrogen-bond acceptors (Lipinski definition) is 5. The van der Waals surface area contributed by atoms with Crippen LogP contribution in [0.4, 0.5) is 0 Å². The first-order valence-electron chi connectivity index (χ1n) is 5.67. The third kappa shape index (κ3) is 3.04. The number of carbonyl (C=O) groups excluding carboxylic acids is 1. The number of nitrogens with zero attached hydrogens (tertiary/aromatic N) is 1. The van der Waals surface area contributed by atoms with Gasteiger partial charge in [0, 0.05) is 6.07 Å². The number of benzene rings is 1. The largest absolute Gasteiger partial charge is 0.507 e. The van der Waals surface area contributed by atoms with Crippen LogP contribution in [0.5, 0.6) is 11.5 Å². The van der Waals surface area contributed by atoms with Gasteiger partial charge in [-0.15, -0.1) is 0 Å². The lowest BCUT2D eigenvalue weighted by atomic mass is 10.1. The molecule has 100 valence electrons. The van der Waals surface area contributed by atoms with Gasteiger partial charge in [0.05, 0.1) is 19.2 Å². The van der Waals surface area contributed by atoms with Crippen LogP contribution >= 0.6 is 0 Å². The Kier molecular flexibility index (Phi) is 3.70. The van der Waals surface area contributed by atoms with E-state index in [9.17, 15) is 9.90 Å². The number of rotatable bonds is 4. The minimum atomic E-state index is -0.406. The van der Waals surface area contributed by atoms with Crippen LogP contribution in [-0.2, 0) is 6.54 Å². The van der Waals surface area contributed by atoms with E-state index in [-0.39, 0.29) is 17.9 Å². The van der Waals surface area contributed by atoms with E-state index in [1.807, 2.05) is 0 Å². The van der Waals surface area contributed by atoms with Gasteiger partial charge in [-0.05, 0) is 25.1 Å². The van der Waals surface area contributed by atoms with Gasteiger partial charge in [0.15, 0.2) is 0 Å². The number of carbonyl (C=O) groups is 1. The van der Waals surface area contributed by atoms with Gasteiger partial charge in [0.25, 0.3) is 5.91 Å². The lowest BCUT2D eigenvalue weighted by molar-refractivity contribution is 0.0947. The molecule has 1 amide bonds. The van der Waals surface area contributed by atoms with Gasteiger partial charge >= 0.3 is 0 Å². The smallest absolute Gasteiger partial charge is 0.255 e. The first-order chi connectivity index (χ1) is 9.10. The Hall–Kier alpha value is -2.50. The standard InChI is InChI=1S/C13H14N2O4/c1-8-5-9(15-19-8)7-14-13(17)11-6-10(18-2)3-4-12(11)16/h3-6,16H,7H2,1-2H3,(H,14,17). The van der Waals surface area contributed by atoms with E-state index in [2.05, 4.69) is 10.5 Å². The zero-order valence-corrected chi connectivity index (χ0v) is 10.6. The number of methoxy groups -OCH3 is 1. The zero-order chi connectivity index (χ0) is 13.8. The molecule has 0 spiro atoms. The number of phenols is 1. The van der Waals surface area contributed by atoms with Gasteiger partial charge in [0.1, 0.15) is 23.0 Å². The summed E-state index contributed by atoms with van der Waals surface area (Å²) < 4.78 is 9.90. The Morgan fingerprint density at radius 3 is 2.89 bits per heavy atom. The van der Waals surface area contributed by atoms with Gasteiger partial charge in [-0.1, -0.05) is 5.16 Å². The second kappa shape index (κ2) is 5.43. The van der Waals surface area contributed by atoms with E-state index in [1.54, 1.807) is 19.1 Å². The van der Waals surface area contributed by atoms with Crippen molar-refractivity contribution in [2.45, 2.75) is 13.5 Å². The molecule has 6 heteroatoms. The number of phenolic OH excluding ortho intramolecular Hbond substituents is 1. The van der Waals surface area contributed by atoms with Crippen LogP contribution in [0, 0.1) is 6.92 Å². The van der Waals surface area contributed by atoms with Crippen molar-refractivity contribution in [3.8, 4) is 11.5 Å². The van der Waals surface area contributed by atoms with Crippen molar-refractivity contribution in [3.63, 3.8) is 0 Å². The number of hydrogen-bond donors (Lipinski definition) is 2. The maximum absolute atomic E-state index is 11.9. The molecule has 2 N–H and O–H groups in total. The van der Waals surface area contributed by atoms with E-state index >= 15 is 0 Å². The summed E-state index contributed by atoms with van der Waals surface area (Å²) in [6.45, 7) is 2.00. The third-order valence-corrected chi connectivity index (χ3v) is 2.56. The summed E-state index contributed by atoms with van der Waals surface area (Å²) in [6, 6.07) is 6.19. The number of amides is 1. The molecule has 6 nitrogen and oxygen atoms in total. The third-order valence-electron chi connectivity index (χ3n) is 2.56. The van der Waals surface area contributed by atoms with Crippen molar-refractivity contribution in [3.05, 3.63) is 41.3 Å². The number of ether oxygens (including phenoxy) is 1. The van der Waals surface area contributed by atoms with E-state index < -0.39 is 5.91 Å². The van der Waals surface area contributed by atoms with Crippen molar-refractivity contribution in [2.75, 3.05) is 7.11 Å². The van der Waals surface area contributed by atoms with Gasteiger partial charge in [0.2, 0.25) is 0 Å². The summed E-state index contributed by atoms with van der Waals surface area (Å²) >= 11 is 0. The molecule has 2 aromatic rings. The number of nitrogens with one attached hydrogen (secondary N) is 1. The molecule has 0 bridgehead atoms. The summed E-state index contributed by atoms with van der Waals surface area (Å²) in [5, 5.41) is 16.1. The molecule has 1 aromatic heterocycles. The summed E-state index contributed by atoms with van der Waals surface area (Å²) in [5.41, 5.74) is 0.771. The second-order valence-electron chi connectivity index (χ2n) is 3.99. The van der Waals surface area contributed by atoms with Crippen molar-refractivity contribution in [1.82, 2.24) is 10.5 Å². The van der Waals surface area contributed by atoms with E-state index in [0.717, 1.165) is 0 Å². The average molecular weight is 262 g/mol. The molecule has 0 saturated heterocycles. The Balaban J connectivity index is 2.07. The van der Waals surface area contributed by atoms with E-state index in [1.165, 1.54) is 19.2 Å². The van der Waals surface area contributed by atoms with Crippen LogP contribution in [0.3, 0.4) is 0 Å². The summed E-state index contributed by atoms with van der Waals surface area (Å²) in [7, 11) is 1.49. The quantitative estimate of drug-likeness (QED) is 0.874. The van der Waals surface area contributed by atoms with Crippen LogP contribution < -0.4 is 10.1 Å². The number of aromatic hydroxyl groups is 1. The monoisotopic (exact) mass is 262 g/mol. The predicted molar refractivity (Wildman–Crippen MR) is 67.1 cm³/mol. The van der Waals surface area contributed by atoms with Crippen molar-refractivity contribution in [1.29, 1.82) is 0 Å². The fraction of sp³-hybridized carbons (Fsp3) is 0.231. The number of aryl methyl sites for hydroxylation is 1. The molecule has 0 aliphatic heterocycles. The van der Waals surface area contributed by atoms with Crippen molar-refractivity contribution < 1.29 is 19.2 Å². The van der Waals surface area contributed by atoms with Crippen molar-refractivity contribution >= 4 is 5.91 Å². The lowest BCUT2D eigenvalue weighted by Gasteiger charge is -2.07. The minimum absolute atomic E-state index is 0.102. The maximum atomic E-state index is 11.9. The molecular weight excluding hydrogens is 248 g/mol. The molecule has 0 aliphatic rings. The van der Waals surface area contributed by atoms with Gasteiger partial charge in [-0.25, -0.2) is 0 Å². The Morgan fingerprint density at radius 1 is 1.47 bits per heavy atom. The molecule has 0 aliphatic carbocycles. The van der Waals surface area contributed by atoms with Gasteiger partial charge < -0.3 is 19.7 Å². The molecule has 0 radical (unpaired) electrons. The normalized spacial score (nSPS) is 10.2. The summed E-state index contributed by atoms with van der Waals surface area (Å²) in [4.78, 5) is 11.9. The zero-order valence-electron chi connectivity index (χ0n) is 10.6. The van der Waals surface area contributed by atoms with Crippen LogP contribution in [0.25, 0.3) is 0 Å². The van der Waals surface area contributed by atoms with Gasteiger partial charge in [-0.3, -0.25) is 4.79 Å². The SMILES string of the molecule is COc1ccc(O)c(C(=O)NCc2cc(C)on2)c1. The Morgan fingerprint density at radius 2 is 2.26 bits per heavy atom. The van der Waals surface area contributed by atoms with Crippen LogP contribution in [0.15, 0.2) is 28.8 Å². The summed E-state index contributed by atoms with van der Waals surface area (Å²) in [6.07, 6.45) is 0. The Bertz CT molecular complexity index is 592. The molecule has 2 rings (SSSR count). The first kappa shape index (κ1) is 12.9. The lowest BCUT2D eigenvalue weighted by Crippen LogP contribution is -2.23.